The third kappa shape index (κ3) is 9.21. The highest BCUT2D eigenvalue weighted by atomic mass is 28.3. The SMILES string of the molecule is COCOc1cc(Oc2nc3nc(OC[C@@H]4C[C@@H](F)CN4C)nc(N4CC5CCC(C4)N5C(=O)OC(C)(C)C)c3n2C2CCC2)c2c(C#C[Si](C(C)C)(C(C)C)C(C)C)c(F)ccc2c1. The largest absolute Gasteiger partial charge is 0.467 e. The summed E-state index contributed by atoms with van der Waals surface area (Å²) in [7, 11) is 1.18. The van der Waals surface area contributed by atoms with E-state index in [4.69, 9.17) is 38.6 Å². The lowest BCUT2D eigenvalue weighted by Gasteiger charge is -2.42. The molecule has 3 saturated heterocycles. The van der Waals surface area contributed by atoms with E-state index < -0.39 is 25.7 Å². The van der Waals surface area contributed by atoms with E-state index >= 15 is 4.39 Å². The number of hydrogen-bond acceptors (Lipinski definition) is 11. The standard InChI is InChI=1S/C49H67F2N7O6Si/c1-29(2)65(30(3)4,31(5)6)20-19-39-40(51)18-15-32-21-38(62-28-60-11)23-41(42(32)39)63-47-53-44-43(58(47)34-13-12-14-34)45(54-46(52-44)61-27-37-22-33(50)24-55(37)10)56-25-35-16-17-36(26-56)57(35)48(59)64-49(7,8)9/h15,18,21,23,29-31,33-37H,12-14,16-17,22,24-28H2,1-11H3/t33-,35?,36?,37+/m1/s1. The lowest BCUT2D eigenvalue weighted by molar-refractivity contribution is 0.0122. The molecule has 1 amide bonds. The summed E-state index contributed by atoms with van der Waals surface area (Å²) in [5, 5.41) is 1.21. The molecule has 4 aliphatic rings. The Bertz CT molecular complexity index is 2420. The molecule has 4 atom stereocenters. The molecule has 65 heavy (non-hydrogen) atoms. The van der Waals surface area contributed by atoms with Crippen molar-refractivity contribution >= 4 is 41.9 Å². The first-order valence-electron chi connectivity index (χ1n) is 23.5. The van der Waals surface area contributed by atoms with E-state index in [1.165, 1.54) is 6.07 Å². The second-order valence-electron chi connectivity index (χ2n) is 20.5. The molecule has 0 radical (unpaired) electrons. The van der Waals surface area contributed by atoms with E-state index in [9.17, 15) is 9.18 Å². The average molecular weight is 916 g/mol. The third-order valence-electron chi connectivity index (χ3n) is 14.2. The minimum absolute atomic E-state index is 0.00177. The lowest BCUT2D eigenvalue weighted by atomic mass is 9.93. The van der Waals surface area contributed by atoms with Crippen LogP contribution in [0.4, 0.5) is 19.4 Å². The summed E-state index contributed by atoms with van der Waals surface area (Å²) in [6, 6.07) is 6.87. The van der Waals surface area contributed by atoms with Crippen LogP contribution >= 0.6 is 0 Å². The number of imidazole rings is 1. The molecule has 2 aromatic carbocycles. The number of hydrogen-bond donors (Lipinski definition) is 0. The molecule has 0 spiro atoms. The Morgan fingerprint density at radius 2 is 1.62 bits per heavy atom. The number of carbonyl (C=O) groups excluding carboxylic acids is 1. The predicted molar refractivity (Wildman–Crippen MR) is 251 cm³/mol. The number of aromatic nitrogens is 4. The Morgan fingerprint density at radius 1 is 0.923 bits per heavy atom. The van der Waals surface area contributed by atoms with Gasteiger partial charge < -0.3 is 28.6 Å². The van der Waals surface area contributed by atoms with Crippen molar-refractivity contribution in [1.82, 2.24) is 29.3 Å². The Morgan fingerprint density at radius 3 is 2.20 bits per heavy atom. The molecular weight excluding hydrogens is 849 g/mol. The van der Waals surface area contributed by atoms with Crippen LogP contribution in [0.15, 0.2) is 24.3 Å². The van der Waals surface area contributed by atoms with E-state index in [2.05, 4.69) is 62.5 Å². The second kappa shape index (κ2) is 18.5. The fraction of sp³-hybridized carbons (Fsp3) is 0.633. The molecule has 352 valence electrons. The van der Waals surface area contributed by atoms with Crippen LogP contribution in [0, 0.1) is 17.3 Å². The number of rotatable bonds is 13. The fourth-order valence-electron chi connectivity index (χ4n) is 10.8. The quantitative estimate of drug-likeness (QED) is 0.0725. The minimum Gasteiger partial charge on any atom is -0.467 e. The summed E-state index contributed by atoms with van der Waals surface area (Å²) in [6.07, 6.45) is 3.57. The van der Waals surface area contributed by atoms with Crippen LogP contribution in [0.1, 0.15) is 112 Å². The molecule has 8 rings (SSSR count). The summed E-state index contributed by atoms with van der Waals surface area (Å²) < 4.78 is 63.5. The van der Waals surface area contributed by atoms with E-state index in [1.54, 1.807) is 19.2 Å². The van der Waals surface area contributed by atoms with Gasteiger partial charge in [0, 0.05) is 50.3 Å². The fourth-order valence-corrected chi connectivity index (χ4v) is 16.1. The van der Waals surface area contributed by atoms with Gasteiger partial charge >= 0.3 is 18.1 Å². The zero-order chi connectivity index (χ0) is 46.5. The summed E-state index contributed by atoms with van der Waals surface area (Å²) in [5.41, 5.74) is 5.49. The van der Waals surface area contributed by atoms with Crippen molar-refractivity contribution in [3.63, 3.8) is 0 Å². The van der Waals surface area contributed by atoms with Crippen molar-refractivity contribution in [1.29, 1.82) is 0 Å². The molecule has 13 nitrogen and oxygen atoms in total. The van der Waals surface area contributed by atoms with E-state index in [0.29, 0.717) is 81.9 Å². The number of alkyl halides is 1. The highest BCUT2D eigenvalue weighted by Gasteiger charge is 2.46. The highest BCUT2D eigenvalue weighted by Crippen LogP contribution is 2.46. The lowest BCUT2D eigenvalue weighted by Crippen LogP contribution is -2.57. The molecule has 4 aromatic rings. The van der Waals surface area contributed by atoms with Gasteiger partial charge in [0.1, 0.15) is 49.3 Å². The average Bonchev–Trinajstić information content (AvgIpc) is 3.82. The zero-order valence-electron chi connectivity index (χ0n) is 40.0. The number of benzene rings is 2. The smallest absolute Gasteiger partial charge is 0.410 e. The minimum atomic E-state index is -2.27. The third-order valence-corrected chi connectivity index (χ3v) is 20.5. The predicted octanol–water partition coefficient (Wildman–Crippen LogP) is 10.2. The van der Waals surface area contributed by atoms with E-state index in [0.717, 1.165) is 32.1 Å². The van der Waals surface area contributed by atoms with Crippen molar-refractivity contribution in [2.75, 3.05) is 52.1 Å². The van der Waals surface area contributed by atoms with Crippen LogP contribution < -0.4 is 19.1 Å². The number of halogens is 2. The van der Waals surface area contributed by atoms with E-state index in [-0.39, 0.29) is 61.2 Å². The van der Waals surface area contributed by atoms with Crippen LogP contribution in [-0.2, 0) is 9.47 Å². The number of piperazine rings is 1. The Labute approximate surface area is 383 Å². The number of likely N-dealkylation sites (N-methyl/N-ethyl adjacent to an activating group) is 1. The molecule has 2 bridgehead atoms. The van der Waals surface area contributed by atoms with Crippen molar-refractivity contribution in [3.8, 4) is 35.0 Å². The summed E-state index contributed by atoms with van der Waals surface area (Å²) in [4.78, 5) is 34.8. The summed E-state index contributed by atoms with van der Waals surface area (Å²) >= 11 is 0. The molecule has 0 N–H and O–H groups in total. The first-order chi connectivity index (χ1) is 30.9. The molecule has 2 unspecified atom stereocenters. The van der Waals surface area contributed by atoms with Gasteiger partial charge in [-0.2, -0.15) is 15.0 Å². The maximum atomic E-state index is 16.4. The van der Waals surface area contributed by atoms with Gasteiger partial charge in [0.15, 0.2) is 18.3 Å². The number of anilines is 1. The normalized spacial score (nSPS) is 21.7. The number of methoxy groups -OCH3 is 1. The molecule has 5 heterocycles. The zero-order valence-corrected chi connectivity index (χ0v) is 41.0. The van der Waals surface area contributed by atoms with Crippen molar-refractivity contribution < 1.29 is 37.3 Å². The molecule has 1 saturated carbocycles. The van der Waals surface area contributed by atoms with Gasteiger partial charge in [0.2, 0.25) is 0 Å². The summed E-state index contributed by atoms with van der Waals surface area (Å²) in [6.45, 7) is 20.7. The van der Waals surface area contributed by atoms with E-state index in [1.807, 2.05) is 43.7 Å². The van der Waals surface area contributed by atoms with Crippen molar-refractivity contribution in [2.45, 2.75) is 153 Å². The molecule has 4 fully saturated rings. The Balaban J connectivity index is 1.27. The second-order valence-corrected chi connectivity index (χ2v) is 26.1. The molecule has 2 aromatic heterocycles. The van der Waals surface area contributed by atoms with Crippen LogP contribution in [-0.4, -0.2) is 121 Å². The molecule has 3 aliphatic heterocycles. The van der Waals surface area contributed by atoms with Gasteiger partial charge in [-0.1, -0.05) is 53.5 Å². The molecular formula is C49H67F2N7O6Si. The van der Waals surface area contributed by atoms with Crippen LogP contribution in [0.25, 0.3) is 21.9 Å². The van der Waals surface area contributed by atoms with Gasteiger partial charge in [-0.3, -0.25) is 14.4 Å². The van der Waals surface area contributed by atoms with Gasteiger partial charge in [-0.15, -0.1) is 5.54 Å². The number of nitrogens with zero attached hydrogens (tertiary/aromatic N) is 7. The maximum absolute atomic E-state index is 16.4. The molecule has 1 aliphatic carbocycles. The van der Waals surface area contributed by atoms with Crippen LogP contribution in [0.5, 0.6) is 23.5 Å². The first-order valence-corrected chi connectivity index (χ1v) is 25.7. The topological polar surface area (TPSA) is 117 Å². The highest BCUT2D eigenvalue weighted by molar-refractivity contribution is 6.90. The van der Waals surface area contributed by atoms with Gasteiger partial charge in [-0.05, 0) is 100 Å². The first kappa shape index (κ1) is 46.8. The monoisotopic (exact) mass is 915 g/mol. The van der Waals surface area contributed by atoms with Crippen molar-refractivity contribution in [2.24, 2.45) is 0 Å². The number of fused-ring (bicyclic) bond motifs is 4. The number of amides is 1. The van der Waals surface area contributed by atoms with Gasteiger partial charge in [0.05, 0.1) is 17.6 Å². The van der Waals surface area contributed by atoms with Crippen LogP contribution in [0.3, 0.4) is 0 Å². The van der Waals surface area contributed by atoms with Gasteiger partial charge in [0.25, 0.3) is 0 Å². The molecule has 16 heteroatoms. The number of carbonyl (C=O) groups is 1. The van der Waals surface area contributed by atoms with Crippen molar-refractivity contribution in [3.05, 3.63) is 35.6 Å². The number of likely N-dealkylation sites (tertiary alicyclic amines) is 1. The Kier molecular flexibility index (Phi) is 13.3. The summed E-state index contributed by atoms with van der Waals surface area (Å²) in [5.74, 6) is 4.41. The number of ether oxygens (including phenoxy) is 5. The Hall–Kier alpha value is -4.72. The van der Waals surface area contributed by atoms with Gasteiger partial charge in [-0.25, -0.2) is 13.6 Å². The maximum Gasteiger partial charge on any atom is 0.410 e. The van der Waals surface area contributed by atoms with Crippen LogP contribution in [0.2, 0.25) is 16.6 Å².